The van der Waals surface area contributed by atoms with E-state index in [9.17, 15) is 5.11 Å². The van der Waals surface area contributed by atoms with E-state index in [0.717, 1.165) is 21.2 Å². The predicted octanol–water partition coefficient (Wildman–Crippen LogP) is 4.18. The maximum absolute atomic E-state index is 10.1. The van der Waals surface area contributed by atoms with Crippen molar-refractivity contribution in [1.82, 2.24) is 0 Å². The topological polar surface area (TPSA) is 20.2 Å². The van der Waals surface area contributed by atoms with Crippen LogP contribution >= 0.6 is 15.9 Å². The molecule has 0 aliphatic heterocycles. The predicted molar refractivity (Wildman–Crippen MR) is 73.2 cm³/mol. The lowest BCUT2D eigenvalue weighted by Crippen LogP contribution is -2.21. The molecule has 0 fully saturated rings. The zero-order valence-corrected chi connectivity index (χ0v) is 11.5. The van der Waals surface area contributed by atoms with Crippen LogP contribution in [0.3, 0.4) is 0 Å². The summed E-state index contributed by atoms with van der Waals surface area (Å²) in [6.07, 6.45) is 1.92. The van der Waals surface area contributed by atoms with Gasteiger partial charge in [0.25, 0.3) is 0 Å². The maximum Gasteiger partial charge on any atom is 0.0846 e. The molecule has 0 atom stereocenters. The normalized spacial score (nSPS) is 12.7. The van der Waals surface area contributed by atoms with E-state index in [1.165, 1.54) is 0 Å². The van der Waals surface area contributed by atoms with Gasteiger partial charge in [-0.2, -0.15) is 0 Å². The second-order valence-corrected chi connectivity index (χ2v) is 5.39. The summed E-state index contributed by atoms with van der Waals surface area (Å²) >= 11 is 3.40. The number of rotatable bonds is 3. The molecule has 0 aromatic heterocycles. The van der Waals surface area contributed by atoms with Crippen molar-refractivity contribution in [3.63, 3.8) is 0 Å². The maximum atomic E-state index is 10.1. The number of halogens is 1. The Morgan fingerprint density at radius 2 is 1.81 bits per heavy atom. The van der Waals surface area contributed by atoms with Crippen molar-refractivity contribution in [3.8, 4) is 0 Å². The van der Waals surface area contributed by atoms with Crippen LogP contribution in [0, 0.1) is 0 Å². The van der Waals surface area contributed by atoms with Crippen molar-refractivity contribution in [2.45, 2.75) is 26.4 Å². The lowest BCUT2D eigenvalue weighted by molar-refractivity contribution is 0.143. The van der Waals surface area contributed by atoms with Gasteiger partial charge >= 0.3 is 0 Å². The largest absolute Gasteiger partial charge is 0.386 e. The molecule has 0 amide bonds. The average molecular weight is 281 g/mol. The van der Waals surface area contributed by atoms with Crippen LogP contribution in [0.15, 0.2) is 47.0 Å². The summed E-state index contributed by atoms with van der Waals surface area (Å²) in [7, 11) is 0. The monoisotopic (exact) mass is 280 g/mol. The van der Waals surface area contributed by atoms with Crippen LogP contribution in [0.25, 0.3) is 5.57 Å². The molecule has 1 aromatic rings. The van der Waals surface area contributed by atoms with Crippen LogP contribution in [-0.4, -0.2) is 10.7 Å². The van der Waals surface area contributed by atoms with E-state index in [0.29, 0.717) is 0 Å². The molecule has 0 unspecified atom stereocenters. The third kappa shape index (κ3) is 3.62. The Bertz CT molecular complexity index is 407. The minimum Gasteiger partial charge on any atom is -0.386 e. The summed E-state index contributed by atoms with van der Waals surface area (Å²) in [5.74, 6) is 0. The van der Waals surface area contributed by atoms with Gasteiger partial charge in [-0.25, -0.2) is 0 Å². The fraction of sp³-hybridized carbons (Fsp3) is 0.286. The van der Waals surface area contributed by atoms with Crippen molar-refractivity contribution in [1.29, 1.82) is 0 Å². The van der Waals surface area contributed by atoms with Gasteiger partial charge in [-0.1, -0.05) is 46.3 Å². The van der Waals surface area contributed by atoms with Crippen LogP contribution < -0.4 is 0 Å². The molecular formula is C14H17BrO. The summed E-state index contributed by atoms with van der Waals surface area (Å²) in [5.41, 5.74) is 1.96. The van der Waals surface area contributed by atoms with Gasteiger partial charge in [0.1, 0.15) is 0 Å². The highest BCUT2D eigenvalue weighted by Crippen LogP contribution is 2.28. The van der Waals surface area contributed by atoms with Gasteiger partial charge < -0.3 is 5.11 Å². The smallest absolute Gasteiger partial charge is 0.0846 e. The summed E-state index contributed by atoms with van der Waals surface area (Å²) in [5, 5.41) is 10.1. The standard InChI is InChI=1S/C14H17BrO/c1-10(2)9-13(14(3,4)16)11-5-7-12(15)8-6-11/h5-9,16H,1H2,2-4H3/b13-9-. The number of allylic oxidation sites excluding steroid dienone is 2. The molecule has 1 rings (SSSR count). The molecule has 0 bridgehead atoms. The fourth-order valence-electron chi connectivity index (χ4n) is 1.49. The van der Waals surface area contributed by atoms with Crippen molar-refractivity contribution >= 4 is 21.5 Å². The lowest BCUT2D eigenvalue weighted by Gasteiger charge is -2.22. The van der Waals surface area contributed by atoms with Crippen LogP contribution in [0.1, 0.15) is 26.3 Å². The molecule has 86 valence electrons. The molecule has 0 saturated carbocycles. The zero-order chi connectivity index (χ0) is 12.3. The third-order valence-corrected chi connectivity index (χ3v) is 2.73. The first-order valence-corrected chi connectivity index (χ1v) is 5.96. The molecule has 0 heterocycles. The Morgan fingerprint density at radius 3 is 2.19 bits per heavy atom. The van der Waals surface area contributed by atoms with Gasteiger partial charge in [-0.15, -0.1) is 0 Å². The Morgan fingerprint density at radius 1 is 1.31 bits per heavy atom. The van der Waals surface area contributed by atoms with E-state index >= 15 is 0 Å². The van der Waals surface area contributed by atoms with Gasteiger partial charge in [-0.05, 0) is 44.0 Å². The van der Waals surface area contributed by atoms with Gasteiger partial charge in [0, 0.05) is 4.47 Å². The summed E-state index contributed by atoms with van der Waals surface area (Å²) in [6, 6.07) is 7.90. The molecule has 0 saturated heterocycles. The summed E-state index contributed by atoms with van der Waals surface area (Å²) in [4.78, 5) is 0. The fourth-order valence-corrected chi connectivity index (χ4v) is 1.75. The van der Waals surface area contributed by atoms with E-state index in [1.54, 1.807) is 13.8 Å². The van der Waals surface area contributed by atoms with Gasteiger partial charge in [0.2, 0.25) is 0 Å². The van der Waals surface area contributed by atoms with Crippen molar-refractivity contribution in [2.75, 3.05) is 0 Å². The SMILES string of the molecule is C=C(C)/C=C(/c1ccc(Br)cc1)C(C)(C)O. The molecule has 0 spiro atoms. The minimum atomic E-state index is -0.868. The van der Waals surface area contributed by atoms with Crippen molar-refractivity contribution in [2.24, 2.45) is 0 Å². The lowest BCUT2D eigenvalue weighted by atomic mass is 9.90. The number of aliphatic hydroxyl groups is 1. The molecule has 1 aromatic carbocycles. The molecule has 2 heteroatoms. The highest BCUT2D eigenvalue weighted by Gasteiger charge is 2.20. The molecule has 1 nitrogen and oxygen atoms in total. The number of benzene rings is 1. The van der Waals surface area contributed by atoms with Crippen LogP contribution in [0.5, 0.6) is 0 Å². The van der Waals surface area contributed by atoms with E-state index in [-0.39, 0.29) is 0 Å². The molecule has 16 heavy (non-hydrogen) atoms. The van der Waals surface area contributed by atoms with Crippen LogP contribution in [0.2, 0.25) is 0 Å². The van der Waals surface area contributed by atoms with Crippen LogP contribution in [-0.2, 0) is 0 Å². The Labute approximate surface area is 106 Å². The van der Waals surface area contributed by atoms with Crippen molar-refractivity contribution < 1.29 is 5.11 Å². The van der Waals surface area contributed by atoms with E-state index < -0.39 is 5.60 Å². The third-order valence-electron chi connectivity index (χ3n) is 2.21. The number of hydrogen-bond acceptors (Lipinski definition) is 1. The second kappa shape index (κ2) is 4.98. The van der Waals surface area contributed by atoms with Crippen LogP contribution in [0.4, 0.5) is 0 Å². The van der Waals surface area contributed by atoms with E-state index in [4.69, 9.17) is 0 Å². The average Bonchev–Trinajstić information content (AvgIpc) is 2.14. The molecule has 1 N–H and O–H groups in total. The highest BCUT2D eigenvalue weighted by atomic mass is 79.9. The Kier molecular flexibility index (Phi) is 4.11. The Balaban J connectivity index is 3.23. The molecular weight excluding hydrogens is 264 g/mol. The number of hydrogen-bond donors (Lipinski definition) is 1. The van der Waals surface area contributed by atoms with E-state index in [1.807, 2.05) is 37.3 Å². The van der Waals surface area contributed by atoms with Gasteiger partial charge in [-0.3, -0.25) is 0 Å². The summed E-state index contributed by atoms with van der Waals surface area (Å²) in [6.45, 7) is 9.34. The first-order valence-electron chi connectivity index (χ1n) is 5.16. The second-order valence-electron chi connectivity index (χ2n) is 4.47. The first-order chi connectivity index (χ1) is 7.30. The molecule has 0 aliphatic rings. The molecule has 0 aliphatic carbocycles. The highest BCUT2D eigenvalue weighted by molar-refractivity contribution is 9.10. The molecule has 0 radical (unpaired) electrons. The first kappa shape index (κ1) is 13.2. The van der Waals surface area contributed by atoms with Gasteiger partial charge in [0.05, 0.1) is 5.60 Å². The minimum absolute atomic E-state index is 0.868. The Hall–Kier alpha value is -0.860. The quantitative estimate of drug-likeness (QED) is 0.824. The van der Waals surface area contributed by atoms with Gasteiger partial charge in [0.15, 0.2) is 0 Å². The van der Waals surface area contributed by atoms with E-state index in [2.05, 4.69) is 22.5 Å². The zero-order valence-electron chi connectivity index (χ0n) is 9.92. The van der Waals surface area contributed by atoms with Crippen molar-refractivity contribution in [3.05, 3.63) is 52.5 Å². The summed E-state index contributed by atoms with van der Waals surface area (Å²) < 4.78 is 1.03.